The lowest BCUT2D eigenvalue weighted by molar-refractivity contribution is -0.355. The first-order valence-electron chi connectivity index (χ1n) is 7.08. The third-order valence-corrected chi connectivity index (χ3v) is 3.98. The lowest BCUT2D eigenvalue weighted by Gasteiger charge is -2.45. The summed E-state index contributed by atoms with van der Waals surface area (Å²) in [4.78, 5) is 0. The Morgan fingerprint density at radius 3 is 1.83 bits per heavy atom. The second-order valence-electron chi connectivity index (χ2n) is 5.53. The van der Waals surface area contributed by atoms with Crippen LogP contribution in [-0.2, 0) is 14.2 Å². The van der Waals surface area contributed by atoms with E-state index in [4.69, 9.17) is 19.3 Å². The maximum Gasteiger partial charge on any atom is 0.187 e. The van der Waals surface area contributed by atoms with Gasteiger partial charge in [0, 0.05) is 0 Å². The summed E-state index contributed by atoms with van der Waals surface area (Å²) in [6, 6.07) is 0. The van der Waals surface area contributed by atoms with Crippen molar-refractivity contribution in [2.75, 3.05) is 13.2 Å². The molecule has 0 aromatic rings. The normalized spacial score (nSPS) is 51.7. The van der Waals surface area contributed by atoms with Crippen LogP contribution in [0.1, 0.15) is 0 Å². The SMILES string of the molecule is OCC1O[C@@H](O[C@@H]2C(CO)OC(O)C(O)C2O)C(O)C(O)[C@H]1O. The van der Waals surface area contributed by atoms with Crippen molar-refractivity contribution in [3.63, 3.8) is 0 Å². The third kappa shape index (κ3) is 3.65. The molecule has 2 heterocycles. The average Bonchev–Trinajstić information content (AvgIpc) is 2.55. The van der Waals surface area contributed by atoms with Gasteiger partial charge in [0.15, 0.2) is 12.6 Å². The molecular formula is C12H22O11. The quantitative estimate of drug-likeness (QED) is 0.243. The minimum Gasteiger partial charge on any atom is -0.394 e. The van der Waals surface area contributed by atoms with Crippen LogP contribution in [0.2, 0.25) is 0 Å². The van der Waals surface area contributed by atoms with Crippen molar-refractivity contribution in [2.45, 2.75) is 61.4 Å². The largest absolute Gasteiger partial charge is 0.394 e. The molecule has 2 fully saturated rings. The van der Waals surface area contributed by atoms with E-state index in [9.17, 15) is 35.7 Å². The second kappa shape index (κ2) is 7.63. The Kier molecular flexibility index (Phi) is 6.27. The van der Waals surface area contributed by atoms with E-state index in [0.29, 0.717) is 0 Å². The summed E-state index contributed by atoms with van der Waals surface area (Å²) in [6.07, 6.45) is -15.6. The molecule has 0 radical (unpaired) electrons. The molecule has 2 aliphatic heterocycles. The van der Waals surface area contributed by atoms with Crippen LogP contribution in [-0.4, -0.2) is 115 Å². The van der Waals surface area contributed by atoms with E-state index in [-0.39, 0.29) is 0 Å². The Labute approximate surface area is 130 Å². The van der Waals surface area contributed by atoms with E-state index in [1.807, 2.05) is 0 Å². The maximum absolute atomic E-state index is 9.94. The standard InChI is InChI=1S/C12H22O11/c13-1-3-5(15)6(16)9(19)12(22-3)23-10-4(2-14)21-11(20)8(18)7(10)17/h3-20H,1-2H2/t3?,4?,5-,6?,7?,8?,9?,10+,11?,12-/m0/s1. The van der Waals surface area contributed by atoms with Gasteiger partial charge in [-0.05, 0) is 0 Å². The third-order valence-electron chi connectivity index (χ3n) is 3.98. The Bertz CT molecular complexity index is 378. The van der Waals surface area contributed by atoms with E-state index < -0.39 is 74.6 Å². The molecular weight excluding hydrogens is 320 g/mol. The van der Waals surface area contributed by atoms with Gasteiger partial charge in [0.25, 0.3) is 0 Å². The topological polar surface area (TPSA) is 190 Å². The molecule has 7 unspecified atom stereocenters. The summed E-state index contributed by atoms with van der Waals surface area (Å²) >= 11 is 0. The monoisotopic (exact) mass is 342 g/mol. The van der Waals surface area contributed by atoms with Crippen LogP contribution >= 0.6 is 0 Å². The van der Waals surface area contributed by atoms with Crippen LogP contribution in [0.15, 0.2) is 0 Å². The number of ether oxygens (including phenoxy) is 3. The summed E-state index contributed by atoms with van der Waals surface area (Å²) < 4.78 is 15.3. The van der Waals surface area contributed by atoms with Crippen molar-refractivity contribution in [3.05, 3.63) is 0 Å². The first-order chi connectivity index (χ1) is 10.8. The first-order valence-corrected chi connectivity index (χ1v) is 7.08. The fraction of sp³-hybridized carbons (Fsp3) is 1.00. The zero-order valence-corrected chi connectivity index (χ0v) is 12.0. The lowest BCUT2D eigenvalue weighted by Crippen LogP contribution is -2.64. The summed E-state index contributed by atoms with van der Waals surface area (Å²) in [5, 5.41) is 76.5. The second-order valence-corrected chi connectivity index (χ2v) is 5.53. The smallest absolute Gasteiger partial charge is 0.187 e. The molecule has 2 saturated heterocycles. The fourth-order valence-electron chi connectivity index (χ4n) is 2.57. The van der Waals surface area contributed by atoms with Gasteiger partial charge in [0.05, 0.1) is 13.2 Å². The number of rotatable bonds is 4. The van der Waals surface area contributed by atoms with Crippen molar-refractivity contribution in [2.24, 2.45) is 0 Å². The number of hydrogen-bond donors (Lipinski definition) is 8. The molecule has 10 atom stereocenters. The summed E-state index contributed by atoms with van der Waals surface area (Å²) in [7, 11) is 0. The molecule has 0 saturated carbocycles. The average molecular weight is 342 g/mol. The molecule has 0 spiro atoms. The predicted octanol–water partition coefficient (Wildman–Crippen LogP) is -5.40. The Morgan fingerprint density at radius 1 is 0.652 bits per heavy atom. The highest BCUT2D eigenvalue weighted by molar-refractivity contribution is 4.93. The zero-order valence-electron chi connectivity index (χ0n) is 12.0. The predicted molar refractivity (Wildman–Crippen MR) is 68.6 cm³/mol. The van der Waals surface area contributed by atoms with E-state index >= 15 is 0 Å². The van der Waals surface area contributed by atoms with E-state index in [1.54, 1.807) is 0 Å². The van der Waals surface area contributed by atoms with Crippen LogP contribution in [0.5, 0.6) is 0 Å². The van der Waals surface area contributed by atoms with Gasteiger partial charge < -0.3 is 55.1 Å². The highest BCUT2D eigenvalue weighted by Gasteiger charge is 2.50. The maximum atomic E-state index is 9.94. The molecule has 136 valence electrons. The fourth-order valence-corrected chi connectivity index (χ4v) is 2.57. The van der Waals surface area contributed by atoms with Crippen LogP contribution in [0.25, 0.3) is 0 Å². The van der Waals surface area contributed by atoms with E-state index in [1.165, 1.54) is 0 Å². The molecule has 0 amide bonds. The van der Waals surface area contributed by atoms with Crippen molar-refractivity contribution in [3.8, 4) is 0 Å². The number of aliphatic hydroxyl groups is 8. The molecule has 8 N–H and O–H groups in total. The van der Waals surface area contributed by atoms with Gasteiger partial charge in [-0.3, -0.25) is 0 Å². The Morgan fingerprint density at radius 2 is 1.26 bits per heavy atom. The van der Waals surface area contributed by atoms with Gasteiger partial charge in [-0.25, -0.2) is 0 Å². The molecule has 0 aromatic carbocycles. The minimum absolute atomic E-state index is 0.667. The van der Waals surface area contributed by atoms with Crippen LogP contribution in [0, 0.1) is 0 Å². The highest BCUT2D eigenvalue weighted by Crippen LogP contribution is 2.28. The lowest BCUT2D eigenvalue weighted by atomic mass is 9.97. The van der Waals surface area contributed by atoms with Gasteiger partial charge in [-0.2, -0.15) is 0 Å². The molecule has 2 rings (SSSR count). The van der Waals surface area contributed by atoms with Gasteiger partial charge in [-0.1, -0.05) is 0 Å². The molecule has 11 heteroatoms. The molecule has 2 aliphatic rings. The number of aliphatic hydroxyl groups excluding tert-OH is 8. The van der Waals surface area contributed by atoms with Crippen LogP contribution in [0.4, 0.5) is 0 Å². The molecule has 23 heavy (non-hydrogen) atoms. The molecule has 0 aliphatic carbocycles. The van der Waals surface area contributed by atoms with Crippen molar-refractivity contribution >= 4 is 0 Å². The van der Waals surface area contributed by atoms with Crippen molar-refractivity contribution in [1.29, 1.82) is 0 Å². The Balaban J connectivity index is 2.11. The van der Waals surface area contributed by atoms with Crippen LogP contribution < -0.4 is 0 Å². The zero-order chi connectivity index (χ0) is 17.3. The van der Waals surface area contributed by atoms with E-state index in [2.05, 4.69) is 0 Å². The minimum atomic E-state index is -1.74. The Hall–Kier alpha value is -0.440. The van der Waals surface area contributed by atoms with Gasteiger partial charge in [-0.15, -0.1) is 0 Å². The molecule has 0 aromatic heterocycles. The molecule has 11 nitrogen and oxygen atoms in total. The summed E-state index contributed by atoms with van der Waals surface area (Å²) in [5.74, 6) is 0. The van der Waals surface area contributed by atoms with E-state index in [0.717, 1.165) is 0 Å². The highest BCUT2D eigenvalue weighted by atomic mass is 16.7. The molecule has 0 bridgehead atoms. The van der Waals surface area contributed by atoms with Gasteiger partial charge in [0.1, 0.15) is 48.8 Å². The van der Waals surface area contributed by atoms with Gasteiger partial charge >= 0.3 is 0 Å². The van der Waals surface area contributed by atoms with Crippen LogP contribution in [0.3, 0.4) is 0 Å². The summed E-state index contributed by atoms with van der Waals surface area (Å²) in [6.45, 7) is -1.35. The first kappa shape index (κ1) is 18.9. The van der Waals surface area contributed by atoms with Gasteiger partial charge in [0.2, 0.25) is 0 Å². The summed E-state index contributed by atoms with van der Waals surface area (Å²) in [5.41, 5.74) is 0. The number of hydrogen-bond acceptors (Lipinski definition) is 11. The van der Waals surface area contributed by atoms with Crippen molar-refractivity contribution < 1.29 is 55.1 Å². The van der Waals surface area contributed by atoms with Crippen molar-refractivity contribution in [1.82, 2.24) is 0 Å².